The fraction of sp³-hybridized carbons (Fsp3) is 0.818. The molecule has 136 valence electrons. The summed E-state index contributed by atoms with van der Waals surface area (Å²) in [5.74, 6) is 1.36. The molecule has 1 saturated carbocycles. The molecule has 2 aliphatic carbocycles. The van der Waals surface area contributed by atoms with Crippen molar-refractivity contribution >= 4 is 0 Å². The van der Waals surface area contributed by atoms with Gasteiger partial charge in [-0.05, 0) is 57.8 Å². The Morgan fingerprint density at radius 3 is 2.48 bits per heavy atom. The molecule has 0 bridgehead atoms. The summed E-state index contributed by atoms with van der Waals surface area (Å²) in [5.41, 5.74) is 0.644. The smallest absolute Gasteiger partial charge is 0.252 e. The summed E-state index contributed by atoms with van der Waals surface area (Å²) in [5, 5.41) is 0. The Bertz CT molecular complexity index is 652. The van der Waals surface area contributed by atoms with Crippen molar-refractivity contribution in [2.75, 3.05) is 0 Å². The molecule has 0 radical (unpaired) electrons. The van der Waals surface area contributed by atoms with Crippen molar-refractivity contribution in [2.45, 2.75) is 95.9 Å². The highest BCUT2D eigenvalue weighted by molar-refractivity contribution is 5.20. The minimum Gasteiger partial charge on any atom is -0.363 e. The van der Waals surface area contributed by atoms with E-state index in [-0.39, 0.29) is 17.2 Å². The van der Waals surface area contributed by atoms with Crippen LogP contribution in [0.4, 0.5) is 0 Å². The fourth-order valence-corrected chi connectivity index (χ4v) is 5.61. The highest BCUT2D eigenvalue weighted by atomic mass is 16.5. The number of hydrogen-bond donors (Lipinski definition) is 0. The van der Waals surface area contributed by atoms with Gasteiger partial charge in [0.05, 0.1) is 5.60 Å². The highest BCUT2D eigenvalue weighted by Gasteiger charge is 2.58. The first-order valence-corrected chi connectivity index (χ1v) is 9.77. The largest absolute Gasteiger partial charge is 0.363 e. The second-order valence-corrected chi connectivity index (χ2v) is 9.57. The molecule has 0 aromatic rings. The monoisotopic (exact) mass is 340 g/mol. The van der Waals surface area contributed by atoms with E-state index in [0.29, 0.717) is 17.8 Å². The predicted molar refractivity (Wildman–Crippen MR) is 101 cm³/mol. The van der Waals surface area contributed by atoms with Crippen molar-refractivity contribution in [1.82, 2.24) is 0 Å². The Hall–Kier alpha value is -1.32. The molecular formula is C22H32N2O. The molecule has 0 aromatic heterocycles. The lowest BCUT2D eigenvalue weighted by molar-refractivity contribution is -0.112. The first-order chi connectivity index (χ1) is 11.6. The second kappa shape index (κ2) is 6.14. The molecule has 0 amide bonds. The summed E-state index contributed by atoms with van der Waals surface area (Å²) in [4.78, 5) is 7.90. The van der Waals surface area contributed by atoms with Crippen LogP contribution in [0.5, 0.6) is 0 Å². The lowest BCUT2D eigenvalue weighted by atomic mass is 9.56. The van der Waals surface area contributed by atoms with E-state index in [4.69, 9.17) is 17.9 Å². The van der Waals surface area contributed by atoms with Crippen LogP contribution in [0.1, 0.15) is 73.1 Å². The normalized spacial score (nSPS) is 44.4. The van der Waals surface area contributed by atoms with E-state index >= 15 is 0 Å². The van der Waals surface area contributed by atoms with Crippen LogP contribution in [-0.2, 0) is 4.74 Å². The maximum absolute atomic E-state index is 7.77. The van der Waals surface area contributed by atoms with Crippen LogP contribution in [-0.4, -0.2) is 22.8 Å². The van der Waals surface area contributed by atoms with E-state index in [0.717, 1.165) is 38.5 Å². The van der Waals surface area contributed by atoms with Crippen molar-refractivity contribution in [3.63, 3.8) is 0 Å². The molecule has 3 nitrogen and oxygen atoms in total. The Morgan fingerprint density at radius 2 is 1.84 bits per heavy atom. The topological polar surface area (TPSA) is 18.0 Å². The highest BCUT2D eigenvalue weighted by Crippen LogP contribution is 2.55. The van der Waals surface area contributed by atoms with E-state index < -0.39 is 5.54 Å². The van der Waals surface area contributed by atoms with Crippen molar-refractivity contribution in [3.05, 3.63) is 34.5 Å². The third-order valence-corrected chi connectivity index (χ3v) is 7.45. The third kappa shape index (κ3) is 3.02. The molecule has 0 aromatic carbocycles. The summed E-state index contributed by atoms with van der Waals surface area (Å²) in [7, 11) is 0. The minimum atomic E-state index is -0.449. The van der Waals surface area contributed by atoms with Gasteiger partial charge < -0.3 is 14.4 Å². The standard InChI is InChI=1S/C22H32N2O/c1-15-8-9-17-16(14-15)18(10-12-21(17,4)24-7)22(5)13-11-19(25-22)20(2,3)23-6/h14,16-19H,8-13H2,1-5H3/t16-,17+,18+,19?,21+,22-/m1/s1. The van der Waals surface area contributed by atoms with Gasteiger partial charge in [0.1, 0.15) is 6.10 Å². The number of nitrogens with zero attached hydrogens (tertiary/aromatic N) is 2. The molecule has 1 saturated heterocycles. The zero-order valence-corrected chi connectivity index (χ0v) is 16.4. The lowest BCUT2D eigenvalue weighted by Gasteiger charge is -2.49. The van der Waals surface area contributed by atoms with Gasteiger partial charge in [0.2, 0.25) is 5.54 Å². The zero-order valence-electron chi connectivity index (χ0n) is 16.4. The molecule has 2 fully saturated rings. The van der Waals surface area contributed by atoms with Crippen LogP contribution in [0, 0.1) is 30.9 Å². The second-order valence-electron chi connectivity index (χ2n) is 9.57. The minimum absolute atomic E-state index is 0.0243. The first-order valence-electron chi connectivity index (χ1n) is 9.77. The van der Waals surface area contributed by atoms with Gasteiger partial charge in [0, 0.05) is 33.1 Å². The van der Waals surface area contributed by atoms with E-state index in [1.165, 1.54) is 5.57 Å². The molecule has 6 atom stereocenters. The Morgan fingerprint density at radius 1 is 1.12 bits per heavy atom. The van der Waals surface area contributed by atoms with E-state index in [1.807, 2.05) is 13.8 Å². The summed E-state index contributed by atoms with van der Waals surface area (Å²) in [6.45, 7) is 25.9. The van der Waals surface area contributed by atoms with Gasteiger partial charge in [-0.15, -0.1) is 0 Å². The average Bonchev–Trinajstić information content (AvgIpc) is 2.99. The number of ether oxygens (including phenoxy) is 1. The number of allylic oxidation sites excluding steroid dienone is 2. The fourth-order valence-electron chi connectivity index (χ4n) is 5.61. The summed E-state index contributed by atoms with van der Waals surface area (Å²) >= 11 is 0. The molecule has 3 aliphatic rings. The molecule has 1 aliphatic heterocycles. The number of rotatable bonds is 2. The number of fused-ring (bicyclic) bond motifs is 1. The summed E-state index contributed by atoms with van der Waals surface area (Å²) in [6.07, 6.45) is 8.80. The van der Waals surface area contributed by atoms with Gasteiger partial charge in [-0.1, -0.05) is 11.6 Å². The molecule has 1 unspecified atom stereocenters. The van der Waals surface area contributed by atoms with E-state index in [9.17, 15) is 0 Å². The average molecular weight is 341 g/mol. The molecule has 3 rings (SSSR count). The van der Waals surface area contributed by atoms with Gasteiger partial charge in [0.15, 0.2) is 0 Å². The van der Waals surface area contributed by atoms with Gasteiger partial charge in [-0.2, -0.15) is 0 Å². The third-order valence-electron chi connectivity index (χ3n) is 7.45. The van der Waals surface area contributed by atoms with Gasteiger partial charge in [-0.25, -0.2) is 13.1 Å². The Labute approximate surface area is 153 Å². The Balaban J connectivity index is 1.89. The van der Waals surface area contributed by atoms with E-state index in [1.54, 1.807) is 0 Å². The summed E-state index contributed by atoms with van der Waals surface area (Å²) in [6, 6.07) is 0. The zero-order chi connectivity index (χ0) is 18.5. The van der Waals surface area contributed by atoms with Gasteiger partial charge >= 0.3 is 0 Å². The maximum atomic E-state index is 7.77. The van der Waals surface area contributed by atoms with Crippen molar-refractivity contribution < 1.29 is 4.74 Å². The van der Waals surface area contributed by atoms with Crippen LogP contribution in [0.3, 0.4) is 0 Å². The first kappa shape index (κ1) is 18.5. The van der Waals surface area contributed by atoms with Crippen LogP contribution in [0.15, 0.2) is 11.6 Å². The quantitative estimate of drug-likeness (QED) is 0.467. The molecular weight excluding hydrogens is 308 g/mol. The van der Waals surface area contributed by atoms with Crippen molar-refractivity contribution in [2.24, 2.45) is 17.8 Å². The van der Waals surface area contributed by atoms with E-state index in [2.05, 4.69) is 36.5 Å². The summed E-state index contributed by atoms with van der Waals surface area (Å²) < 4.78 is 6.61. The molecule has 0 spiro atoms. The van der Waals surface area contributed by atoms with Crippen LogP contribution in [0.25, 0.3) is 9.69 Å². The molecule has 0 N–H and O–H groups in total. The van der Waals surface area contributed by atoms with Crippen LogP contribution in [0.2, 0.25) is 0 Å². The predicted octanol–water partition coefficient (Wildman–Crippen LogP) is 5.68. The van der Waals surface area contributed by atoms with Crippen LogP contribution >= 0.6 is 0 Å². The SMILES string of the molecule is [C-]#[N+]C(C)(C)C1CC[C@](C)([C@H]2CC[C@](C)([N+]#[C-])[C@H]3CCC(C)=C[C@@H]23)O1. The van der Waals surface area contributed by atoms with Crippen LogP contribution < -0.4 is 0 Å². The lowest BCUT2D eigenvalue weighted by Crippen LogP contribution is -2.52. The molecule has 1 heterocycles. The maximum Gasteiger partial charge on any atom is 0.252 e. The van der Waals surface area contributed by atoms with Crippen molar-refractivity contribution in [3.8, 4) is 0 Å². The number of hydrogen-bond acceptors (Lipinski definition) is 1. The Kier molecular flexibility index (Phi) is 4.53. The molecule has 3 heteroatoms. The van der Waals surface area contributed by atoms with Gasteiger partial charge in [0.25, 0.3) is 5.54 Å². The molecule has 25 heavy (non-hydrogen) atoms. The van der Waals surface area contributed by atoms with Gasteiger partial charge in [-0.3, -0.25) is 0 Å². The van der Waals surface area contributed by atoms with Crippen molar-refractivity contribution in [1.29, 1.82) is 0 Å².